The number of hydrogen-bond donors (Lipinski definition) is 1. The molecule has 152 valence electrons. The number of carbonyl (C=O) groups excluding carboxylic acids is 1. The molecule has 1 N–H and O–H groups in total. The molecular weight excluding hydrogens is 346 g/mol. The molecule has 1 aliphatic heterocycles. The zero-order valence-electron chi connectivity index (χ0n) is 17.0. The highest BCUT2D eigenvalue weighted by Gasteiger charge is 2.21. The lowest BCUT2D eigenvalue weighted by Crippen LogP contribution is -2.51. The monoisotopic (exact) mass is 379 g/mol. The Bertz CT molecular complexity index is 587. The third kappa shape index (κ3) is 6.92. The first-order chi connectivity index (χ1) is 13.0. The second-order valence-corrected chi connectivity index (χ2v) is 7.18. The smallest absolute Gasteiger partial charge is 0.317 e. The number of rotatable bonds is 9. The summed E-state index contributed by atoms with van der Waals surface area (Å²) < 4.78 is 16.3. The van der Waals surface area contributed by atoms with Crippen LogP contribution >= 0.6 is 0 Å². The Morgan fingerprint density at radius 1 is 1.15 bits per heavy atom. The Labute approximate surface area is 162 Å². The quantitative estimate of drug-likeness (QED) is 0.667. The van der Waals surface area contributed by atoms with Crippen LogP contribution < -0.4 is 14.8 Å². The van der Waals surface area contributed by atoms with Crippen molar-refractivity contribution < 1.29 is 19.0 Å². The van der Waals surface area contributed by atoms with E-state index in [9.17, 15) is 4.79 Å². The van der Waals surface area contributed by atoms with Crippen molar-refractivity contribution in [3.8, 4) is 11.5 Å². The van der Waals surface area contributed by atoms with E-state index in [1.807, 2.05) is 17.0 Å². The van der Waals surface area contributed by atoms with Gasteiger partial charge in [0.25, 0.3) is 0 Å². The van der Waals surface area contributed by atoms with E-state index in [2.05, 4.69) is 30.1 Å². The van der Waals surface area contributed by atoms with E-state index < -0.39 is 0 Å². The van der Waals surface area contributed by atoms with Gasteiger partial charge in [0.1, 0.15) is 0 Å². The number of hydrogen-bond acceptors (Lipinski definition) is 5. The number of methoxy groups -OCH3 is 2. The molecule has 1 aliphatic rings. The van der Waals surface area contributed by atoms with Gasteiger partial charge in [0, 0.05) is 46.4 Å². The fraction of sp³-hybridized carbons (Fsp3) is 0.650. The van der Waals surface area contributed by atoms with Crippen LogP contribution in [-0.4, -0.2) is 76.0 Å². The molecule has 0 unspecified atom stereocenters. The van der Waals surface area contributed by atoms with E-state index in [1.165, 1.54) is 5.56 Å². The van der Waals surface area contributed by atoms with Gasteiger partial charge in [-0.05, 0) is 23.6 Å². The predicted molar refractivity (Wildman–Crippen MR) is 105 cm³/mol. The van der Waals surface area contributed by atoms with Crippen LogP contribution in [0.5, 0.6) is 11.5 Å². The summed E-state index contributed by atoms with van der Waals surface area (Å²) in [5, 5.41) is 2.87. The molecule has 1 aromatic carbocycles. The van der Waals surface area contributed by atoms with Gasteiger partial charge in [-0.2, -0.15) is 0 Å². The Morgan fingerprint density at radius 3 is 2.52 bits per heavy atom. The summed E-state index contributed by atoms with van der Waals surface area (Å²) in [4.78, 5) is 16.3. The molecule has 0 saturated carbocycles. The van der Waals surface area contributed by atoms with Gasteiger partial charge in [-0.15, -0.1) is 0 Å². The highest BCUT2D eigenvalue weighted by molar-refractivity contribution is 5.74. The minimum atomic E-state index is -0.0139. The zero-order valence-corrected chi connectivity index (χ0v) is 17.0. The van der Waals surface area contributed by atoms with Crippen LogP contribution in [-0.2, 0) is 11.3 Å². The molecule has 0 bridgehead atoms. The summed E-state index contributed by atoms with van der Waals surface area (Å²) in [5.41, 5.74) is 1.18. The van der Waals surface area contributed by atoms with Gasteiger partial charge in [-0.3, -0.25) is 4.90 Å². The van der Waals surface area contributed by atoms with Gasteiger partial charge < -0.3 is 24.4 Å². The second-order valence-electron chi connectivity index (χ2n) is 7.18. The summed E-state index contributed by atoms with van der Waals surface area (Å²) in [5.74, 6) is 2.02. The molecule has 2 amide bonds. The minimum Gasteiger partial charge on any atom is -0.493 e. The second kappa shape index (κ2) is 11.0. The highest BCUT2D eigenvalue weighted by Crippen LogP contribution is 2.29. The van der Waals surface area contributed by atoms with Crippen molar-refractivity contribution in [1.82, 2.24) is 15.1 Å². The molecule has 7 nitrogen and oxygen atoms in total. The van der Waals surface area contributed by atoms with Crippen LogP contribution in [0.25, 0.3) is 0 Å². The van der Waals surface area contributed by atoms with Crippen molar-refractivity contribution in [2.45, 2.75) is 20.4 Å². The zero-order chi connectivity index (χ0) is 19.6. The van der Waals surface area contributed by atoms with Gasteiger partial charge >= 0.3 is 6.03 Å². The number of nitrogens with zero attached hydrogens (tertiary/aromatic N) is 2. The summed E-state index contributed by atoms with van der Waals surface area (Å²) in [6.45, 7) is 9.99. The largest absolute Gasteiger partial charge is 0.493 e. The van der Waals surface area contributed by atoms with Crippen molar-refractivity contribution in [3.05, 3.63) is 23.8 Å². The number of ether oxygens (including phenoxy) is 3. The number of benzene rings is 1. The van der Waals surface area contributed by atoms with Gasteiger partial charge in [0.2, 0.25) is 0 Å². The molecule has 0 aromatic heterocycles. The van der Waals surface area contributed by atoms with Crippen LogP contribution in [0.4, 0.5) is 4.79 Å². The SMILES string of the molecule is COCCNC(=O)N1CCN(Cc2ccc(OCC(C)C)c(OC)c2)CC1. The first kappa shape index (κ1) is 21.3. The molecule has 1 saturated heterocycles. The Kier molecular flexibility index (Phi) is 8.67. The Morgan fingerprint density at radius 2 is 1.89 bits per heavy atom. The lowest BCUT2D eigenvalue weighted by atomic mass is 10.1. The van der Waals surface area contributed by atoms with Gasteiger partial charge in [0.05, 0.1) is 20.3 Å². The number of piperazine rings is 1. The van der Waals surface area contributed by atoms with Crippen LogP contribution in [0.2, 0.25) is 0 Å². The van der Waals surface area contributed by atoms with E-state index in [1.54, 1.807) is 14.2 Å². The normalized spacial score (nSPS) is 15.1. The van der Waals surface area contributed by atoms with Crippen molar-refractivity contribution in [1.29, 1.82) is 0 Å². The van der Waals surface area contributed by atoms with Crippen LogP contribution in [0.1, 0.15) is 19.4 Å². The summed E-state index contributed by atoms with van der Waals surface area (Å²) in [6.07, 6.45) is 0. The molecule has 0 aliphatic carbocycles. The summed E-state index contributed by atoms with van der Waals surface area (Å²) in [6, 6.07) is 6.09. The molecule has 2 rings (SSSR count). The molecule has 0 radical (unpaired) electrons. The predicted octanol–water partition coefficient (Wildman–Crippen LogP) is 2.20. The lowest BCUT2D eigenvalue weighted by Gasteiger charge is -2.34. The molecule has 1 fully saturated rings. The highest BCUT2D eigenvalue weighted by atomic mass is 16.5. The third-order valence-electron chi connectivity index (χ3n) is 4.45. The molecule has 1 heterocycles. The lowest BCUT2D eigenvalue weighted by molar-refractivity contribution is 0.132. The van der Waals surface area contributed by atoms with E-state index in [-0.39, 0.29) is 6.03 Å². The molecule has 0 atom stereocenters. The van der Waals surface area contributed by atoms with Gasteiger partial charge in [0.15, 0.2) is 11.5 Å². The standard InChI is InChI=1S/C20H33N3O4/c1-16(2)15-27-18-6-5-17(13-19(18)26-4)14-22-8-10-23(11-9-22)20(24)21-7-12-25-3/h5-6,13,16H,7-12,14-15H2,1-4H3,(H,21,24). The van der Waals surface area contributed by atoms with Gasteiger partial charge in [-0.1, -0.05) is 19.9 Å². The first-order valence-corrected chi connectivity index (χ1v) is 9.57. The maximum atomic E-state index is 12.1. The fourth-order valence-corrected chi connectivity index (χ4v) is 2.93. The molecule has 7 heteroatoms. The topological polar surface area (TPSA) is 63.3 Å². The van der Waals surface area contributed by atoms with Crippen molar-refractivity contribution >= 4 is 6.03 Å². The Hall–Kier alpha value is -1.99. The van der Waals surface area contributed by atoms with Crippen molar-refractivity contribution in [2.75, 3.05) is 60.2 Å². The maximum Gasteiger partial charge on any atom is 0.317 e. The van der Waals surface area contributed by atoms with Crippen LogP contribution in [0, 0.1) is 5.92 Å². The minimum absolute atomic E-state index is 0.0139. The van der Waals surface area contributed by atoms with E-state index in [4.69, 9.17) is 14.2 Å². The average molecular weight is 380 g/mol. The maximum absolute atomic E-state index is 12.1. The average Bonchev–Trinajstić information content (AvgIpc) is 2.67. The molecule has 27 heavy (non-hydrogen) atoms. The number of carbonyl (C=O) groups is 1. The molecular formula is C20H33N3O4. The summed E-state index contributed by atoms with van der Waals surface area (Å²) >= 11 is 0. The van der Waals surface area contributed by atoms with Crippen molar-refractivity contribution in [3.63, 3.8) is 0 Å². The van der Waals surface area contributed by atoms with E-state index in [0.717, 1.165) is 44.2 Å². The number of nitrogens with one attached hydrogen (secondary N) is 1. The van der Waals surface area contributed by atoms with Crippen LogP contribution in [0.3, 0.4) is 0 Å². The Balaban J connectivity index is 1.83. The van der Waals surface area contributed by atoms with E-state index >= 15 is 0 Å². The molecule has 0 spiro atoms. The molecule has 1 aromatic rings. The van der Waals surface area contributed by atoms with Crippen molar-refractivity contribution in [2.24, 2.45) is 5.92 Å². The fourth-order valence-electron chi connectivity index (χ4n) is 2.93. The van der Waals surface area contributed by atoms with Gasteiger partial charge in [-0.25, -0.2) is 4.79 Å². The first-order valence-electron chi connectivity index (χ1n) is 9.57. The number of urea groups is 1. The number of amides is 2. The van der Waals surface area contributed by atoms with Crippen LogP contribution in [0.15, 0.2) is 18.2 Å². The summed E-state index contributed by atoms with van der Waals surface area (Å²) in [7, 11) is 3.30. The third-order valence-corrected chi connectivity index (χ3v) is 4.45. The van der Waals surface area contributed by atoms with E-state index in [0.29, 0.717) is 25.7 Å².